The van der Waals surface area contributed by atoms with Crippen molar-refractivity contribution in [1.29, 1.82) is 0 Å². The second-order valence-electron chi connectivity index (χ2n) is 2.98. The number of rotatable bonds is 6. The molecule has 0 saturated carbocycles. The molecule has 17 heavy (non-hydrogen) atoms. The minimum absolute atomic E-state index is 0.0819. The predicted octanol–water partition coefficient (Wildman–Crippen LogP) is 1.53. The normalized spacial score (nSPS) is 9.94. The van der Waals surface area contributed by atoms with E-state index in [4.69, 9.17) is 9.47 Å². The van der Waals surface area contributed by atoms with Crippen LogP contribution in [0.2, 0.25) is 0 Å². The van der Waals surface area contributed by atoms with Crippen LogP contribution in [-0.4, -0.2) is 30.2 Å². The molecule has 0 radical (unpaired) electrons. The van der Waals surface area contributed by atoms with E-state index in [2.05, 4.69) is 0 Å². The van der Waals surface area contributed by atoms with Crippen LogP contribution < -0.4 is 4.74 Å². The fraction of sp³-hybridized carbons (Fsp3) is 0.333. The molecular formula is C9H10N2O6. The summed E-state index contributed by atoms with van der Waals surface area (Å²) in [5.74, 6) is -0.138. The lowest BCUT2D eigenvalue weighted by Crippen LogP contribution is -2.07. The van der Waals surface area contributed by atoms with Crippen molar-refractivity contribution in [1.82, 2.24) is 0 Å². The first-order valence-corrected chi connectivity index (χ1v) is 4.61. The summed E-state index contributed by atoms with van der Waals surface area (Å²) in [4.78, 5) is 19.7. The van der Waals surface area contributed by atoms with Crippen molar-refractivity contribution in [3.05, 3.63) is 38.4 Å². The van der Waals surface area contributed by atoms with Crippen molar-refractivity contribution in [2.45, 2.75) is 0 Å². The van der Waals surface area contributed by atoms with Gasteiger partial charge in [-0.2, -0.15) is 0 Å². The number of hydrogen-bond acceptors (Lipinski definition) is 6. The van der Waals surface area contributed by atoms with Crippen LogP contribution in [0, 0.1) is 20.2 Å². The van der Waals surface area contributed by atoms with Crippen LogP contribution in [0.25, 0.3) is 0 Å². The summed E-state index contributed by atoms with van der Waals surface area (Å²) in [6.45, 7) is 0.318. The second-order valence-corrected chi connectivity index (χ2v) is 2.98. The molecule has 1 rings (SSSR count). The standard InChI is InChI=1S/C9H10N2O6/c1-16-5-6-17-8-4-2-3-7(10(12)13)9(8)11(14)15/h2-4H,5-6H2,1H3. The quantitative estimate of drug-likeness (QED) is 0.425. The van der Waals surface area contributed by atoms with Crippen LogP contribution in [0.4, 0.5) is 11.4 Å². The minimum atomic E-state index is -0.833. The number of benzene rings is 1. The third kappa shape index (κ3) is 3.11. The minimum Gasteiger partial charge on any atom is -0.484 e. The summed E-state index contributed by atoms with van der Waals surface area (Å²) < 4.78 is 9.77. The van der Waals surface area contributed by atoms with E-state index in [0.717, 1.165) is 6.07 Å². The van der Waals surface area contributed by atoms with Gasteiger partial charge in [-0.3, -0.25) is 20.2 Å². The van der Waals surface area contributed by atoms with Crippen molar-refractivity contribution in [2.24, 2.45) is 0 Å². The fourth-order valence-corrected chi connectivity index (χ4v) is 1.19. The van der Waals surface area contributed by atoms with Gasteiger partial charge >= 0.3 is 11.4 Å². The first-order valence-electron chi connectivity index (χ1n) is 4.61. The molecule has 0 atom stereocenters. The van der Waals surface area contributed by atoms with Gasteiger partial charge in [0.1, 0.15) is 6.61 Å². The lowest BCUT2D eigenvalue weighted by Gasteiger charge is -2.05. The average Bonchev–Trinajstić information content (AvgIpc) is 2.28. The second kappa shape index (κ2) is 5.75. The molecule has 0 unspecified atom stereocenters. The molecular weight excluding hydrogens is 232 g/mol. The molecule has 92 valence electrons. The molecule has 1 aromatic carbocycles. The van der Waals surface area contributed by atoms with Crippen molar-refractivity contribution < 1.29 is 19.3 Å². The largest absolute Gasteiger partial charge is 0.484 e. The highest BCUT2D eigenvalue weighted by Crippen LogP contribution is 2.35. The Morgan fingerprint density at radius 3 is 2.41 bits per heavy atom. The molecule has 0 amide bonds. The maximum absolute atomic E-state index is 10.8. The predicted molar refractivity (Wildman–Crippen MR) is 57.1 cm³/mol. The van der Waals surface area contributed by atoms with Gasteiger partial charge in [-0.05, 0) is 6.07 Å². The maximum atomic E-state index is 10.8. The third-order valence-corrected chi connectivity index (χ3v) is 1.90. The Morgan fingerprint density at radius 2 is 1.88 bits per heavy atom. The summed E-state index contributed by atoms with van der Waals surface area (Å²) in [5.41, 5.74) is -1.24. The van der Waals surface area contributed by atoms with Crippen LogP contribution in [0.3, 0.4) is 0 Å². The Hall–Kier alpha value is -2.22. The first-order chi connectivity index (χ1) is 8.07. The fourth-order valence-electron chi connectivity index (χ4n) is 1.19. The number of nitrogens with zero attached hydrogens (tertiary/aromatic N) is 2. The van der Waals surface area contributed by atoms with E-state index in [1.165, 1.54) is 19.2 Å². The molecule has 0 aliphatic heterocycles. The van der Waals surface area contributed by atoms with Gasteiger partial charge in [-0.1, -0.05) is 6.07 Å². The lowest BCUT2D eigenvalue weighted by atomic mass is 10.2. The lowest BCUT2D eigenvalue weighted by molar-refractivity contribution is -0.423. The van der Waals surface area contributed by atoms with Crippen LogP contribution >= 0.6 is 0 Å². The highest BCUT2D eigenvalue weighted by atomic mass is 16.6. The maximum Gasteiger partial charge on any atom is 0.387 e. The van der Waals surface area contributed by atoms with E-state index < -0.39 is 21.2 Å². The number of nitro benzene ring substituents is 2. The van der Waals surface area contributed by atoms with Crippen LogP contribution in [0.5, 0.6) is 5.75 Å². The van der Waals surface area contributed by atoms with Gasteiger partial charge in [-0.15, -0.1) is 0 Å². The topological polar surface area (TPSA) is 105 Å². The summed E-state index contributed by atoms with van der Waals surface area (Å²) in [6.07, 6.45) is 0. The SMILES string of the molecule is COCCOc1cccc([N+](=O)[O-])c1[N+](=O)[O-]. The van der Waals surface area contributed by atoms with E-state index in [9.17, 15) is 20.2 Å². The van der Waals surface area contributed by atoms with Crippen molar-refractivity contribution in [3.8, 4) is 5.75 Å². The smallest absolute Gasteiger partial charge is 0.387 e. The van der Waals surface area contributed by atoms with Gasteiger partial charge in [0.2, 0.25) is 5.75 Å². The summed E-state index contributed by atoms with van der Waals surface area (Å²) in [5, 5.41) is 21.4. The van der Waals surface area contributed by atoms with Crippen LogP contribution in [0.1, 0.15) is 0 Å². The number of hydrogen-bond donors (Lipinski definition) is 0. The van der Waals surface area contributed by atoms with Crippen LogP contribution in [0.15, 0.2) is 18.2 Å². The number of para-hydroxylation sites is 1. The van der Waals surface area contributed by atoms with E-state index in [1.807, 2.05) is 0 Å². The zero-order valence-electron chi connectivity index (χ0n) is 8.99. The van der Waals surface area contributed by atoms with Gasteiger partial charge in [0.15, 0.2) is 0 Å². The third-order valence-electron chi connectivity index (χ3n) is 1.90. The number of ether oxygens (including phenoxy) is 2. The molecule has 0 spiro atoms. The Kier molecular flexibility index (Phi) is 4.35. The molecule has 0 aliphatic rings. The molecule has 8 nitrogen and oxygen atoms in total. The molecule has 0 aliphatic carbocycles. The molecule has 0 fully saturated rings. The molecule has 1 aromatic rings. The van der Waals surface area contributed by atoms with Gasteiger partial charge in [-0.25, -0.2) is 0 Å². The molecule has 0 bridgehead atoms. The Labute approximate surface area is 96.1 Å². The Bertz CT molecular complexity index is 433. The number of nitro groups is 2. The van der Waals surface area contributed by atoms with Crippen molar-refractivity contribution in [2.75, 3.05) is 20.3 Å². The molecule has 0 saturated heterocycles. The van der Waals surface area contributed by atoms with E-state index in [1.54, 1.807) is 0 Å². The first kappa shape index (κ1) is 12.8. The number of methoxy groups -OCH3 is 1. The highest BCUT2D eigenvalue weighted by molar-refractivity contribution is 5.61. The Morgan fingerprint density at radius 1 is 1.18 bits per heavy atom. The Balaban J connectivity index is 3.07. The summed E-state index contributed by atoms with van der Waals surface area (Å²) >= 11 is 0. The molecule has 0 aromatic heterocycles. The highest BCUT2D eigenvalue weighted by Gasteiger charge is 2.29. The van der Waals surface area contributed by atoms with Gasteiger partial charge in [0.05, 0.1) is 16.5 Å². The molecule has 8 heteroatoms. The van der Waals surface area contributed by atoms with Gasteiger partial charge in [0.25, 0.3) is 0 Å². The summed E-state index contributed by atoms with van der Waals surface area (Å²) in [6, 6.07) is 3.69. The van der Waals surface area contributed by atoms with E-state index in [-0.39, 0.29) is 19.0 Å². The molecule has 0 heterocycles. The van der Waals surface area contributed by atoms with Gasteiger partial charge < -0.3 is 9.47 Å². The van der Waals surface area contributed by atoms with Crippen molar-refractivity contribution >= 4 is 11.4 Å². The van der Waals surface area contributed by atoms with Crippen LogP contribution in [-0.2, 0) is 4.74 Å². The van der Waals surface area contributed by atoms with E-state index >= 15 is 0 Å². The summed E-state index contributed by atoms with van der Waals surface area (Å²) in [7, 11) is 1.45. The molecule has 0 N–H and O–H groups in total. The zero-order valence-corrected chi connectivity index (χ0v) is 8.99. The monoisotopic (exact) mass is 242 g/mol. The van der Waals surface area contributed by atoms with E-state index in [0.29, 0.717) is 0 Å². The zero-order chi connectivity index (χ0) is 12.8. The van der Waals surface area contributed by atoms with Gasteiger partial charge in [0, 0.05) is 13.2 Å². The van der Waals surface area contributed by atoms with Crippen molar-refractivity contribution in [3.63, 3.8) is 0 Å². The average molecular weight is 242 g/mol.